The number of hydrogen-bond acceptors (Lipinski definition) is 8. The molecule has 8 nitrogen and oxygen atoms in total. The SMILES string of the molecule is CC(O)CC(O)C(O)CCO.OCCCC(O)C(O)CCO. The van der Waals surface area contributed by atoms with E-state index in [0.717, 1.165) is 0 Å². The van der Waals surface area contributed by atoms with Gasteiger partial charge in [-0.05, 0) is 32.6 Å². The van der Waals surface area contributed by atoms with Gasteiger partial charge in [0.15, 0.2) is 0 Å². The highest BCUT2D eigenvalue weighted by atomic mass is 16.3. The first kappa shape index (κ1) is 23.9. The number of hydrogen-bond donors (Lipinski definition) is 8. The van der Waals surface area contributed by atoms with Crippen molar-refractivity contribution in [1.82, 2.24) is 0 Å². The largest absolute Gasteiger partial charge is 0.396 e. The standard InChI is InChI=1S/2C7H16O4/c1-5(9)4-7(11)6(10)2-3-8;8-4-1-2-6(10)7(11)3-5-9/h5-11H,2-4H2,1H3;6-11H,1-5H2. The zero-order valence-electron chi connectivity index (χ0n) is 13.1. The molecular weight excluding hydrogens is 296 g/mol. The summed E-state index contributed by atoms with van der Waals surface area (Å²) in [6, 6.07) is 0. The normalized spacial score (nSPS) is 17.9. The lowest BCUT2D eigenvalue weighted by molar-refractivity contribution is -0.0188. The summed E-state index contributed by atoms with van der Waals surface area (Å²) in [4.78, 5) is 0. The first-order valence-corrected chi connectivity index (χ1v) is 7.52. The van der Waals surface area contributed by atoms with Gasteiger partial charge in [0, 0.05) is 26.2 Å². The fraction of sp³-hybridized carbons (Fsp3) is 1.00. The minimum Gasteiger partial charge on any atom is -0.396 e. The summed E-state index contributed by atoms with van der Waals surface area (Å²) >= 11 is 0. The second-order valence-electron chi connectivity index (χ2n) is 5.24. The molecule has 0 aromatic rings. The lowest BCUT2D eigenvalue weighted by atomic mass is 10.1. The van der Waals surface area contributed by atoms with E-state index in [1.165, 1.54) is 6.92 Å². The van der Waals surface area contributed by atoms with Gasteiger partial charge >= 0.3 is 0 Å². The fourth-order valence-electron chi connectivity index (χ4n) is 1.65. The molecule has 0 saturated carbocycles. The minimum absolute atomic E-state index is 0.0168. The maximum Gasteiger partial charge on any atom is 0.0824 e. The third-order valence-corrected chi connectivity index (χ3v) is 2.98. The van der Waals surface area contributed by atoms with Gasteiger partial charge in [0.05, 0.1) is 30.5 Å². The summed E-state index contributed by atoms with van der Waals surface area (Å²) in [5.74, 6) is 0. The van der Waals surface area contributed by atoms with Crippen molar-refractivity contribution in [2.45, 2.75) is 69.5 Å². The van der Waals surface area contributed by atoms with Gasteiger partial charge in [-0.2, -0.15) is 0 Å². The van der Waals surface area contributed by atoms with Crippen molar-refractivity contribution in [3.8, 4) is 0 Å². The van der Waals surface area contributed by atoms with Gasteiger partial charge < -0.3 is 40.9 Å². The molecule has 5 atom stereocenters. The fourth-order valence-corrected chi connectivity index (χ4v) is 1.65. The third kappa shape index (κ3) is 14.6. The quantitative estimate of drug-likeness (QED) is 0.210. The van der Waals surface area contributed by atoms with E-state index in [0.29, 0.717) is 12.8 Å². The Morgan fingerprint density at radius 2 is 1.00 bits per heavy atom. The van der Waals surface area contributed by atoms with Crippen molar-refractivity contribution in [3.63, 3.8) is 0 Å². The van der Waals surface area contributed by atoms with E-state index in [9.17, 15) is 0 Å². The highest BCUT2D eigenvalue weighted by Crippen LogP contribution is 2.05. The highest BCUT2D eigenvalue weighted by molar-refractivity contribution is 4.68. The molecule has 5 unspecified atom stereocenters. The molecule has 0 aromatic carbocycles. The predicted molar refractivity (Wildman–Crippen MR) is 80.1 cm³/mol. The smallest absolute Gasteiger partial charge is 0.0824 e. The molecule has 0 spiro atoms. The molecule has 0 fully saturated rings. The van der Waals surface area contributed by atoms with Crippen LogP contribution in [0.3, 0.4) is 0 Å². The van der Waals surface area contributed by atoms with Crippen LogP contribution in [0, 0.1) is 0 Å². The first-order valence-electron chi connectivity index (χ1n) is 7.52. The van der Waals surface area contributed by atoms with E-state index in [2.05, 4.69) is 0 Å². The zero-order chi connectivity index (χ0) is 17.5. The van der Waals surface area contributed by atoms with E-state index in [4.69, 9.17) is 40.9 Å². The molecule has 8 heteroatoms. The molecule has 8 N–H and O–H groups in total. The van der Waals surface area contributed by atoms with E-state index < -0.39 is 30.5 Å². The molecule has 0 saturated heterocycles. The molecule has 0 aliphatic rings. The van der Waals surface area contributed by atoms with Crippen LogP contribution in [0.4, 0.5) is 0 Å². The van der Waals surface area contributed by atoms with Crippen LogP contribution in [0.5, 0.6) is 0 Å². The van der Waals surface area contributed by atoms with Gasteiger partial charge in [-0.15, -0.1) is 0 Å². The Hall–Kier alpha value is -0.320. The lowest BCUT2D eigenvalue weighted by Crippen LogP contribution is -2.29. The summed E-state index contributed by atoms with van der Waals surface area (Å²) in [5.41, 5.74) is 0. The van der Waals surface area contributed by atoms with Gasteiger partial charge in [0.1, 0.15) is 0 Å². The van der Waals surface area contributed by atoms with Crippen molar-refractivity contribution >= 4 is 0 Å². The Balaban J connectivity index is 0. The van der Waals surface area contributed by atoms with Crippen LogP contribution in [-0.2, 0) is 0 Å². The van der Waals surface area contributed by atoms with Crippen molar-refractivity contribution in [1.29, 1.82) is 0 Å². The monoisotopic (exact) mass is 328 g/mol. The van der Waals surface area contributed by atoms with Crippen molar-refractivity contribution in [2.75, 3.05) is 19.8 Å². The average molecular weight is 328 g/mol. The third-order valence-electron chi connectivity index (χ3n) is 2.98. The van der Waals surface area contributed by atoms with E-state index >= 15 is 0 Å². The summed E-state index contributed by atoms with van der Waals surface area (Å²) in [7, 11) is 0. The van der Waals surface area contributed by atoms with Crippen molar-refractivity contribution in [3.05, 3.63) is 0 Å². The van der Waals surface area contributed by atoms with Gasteiger partial charge in [-0.3, -0.25) is 0 Å². The van der Waals surface area contributed by atoms with Crippen LogP contribution in [0.1, 0.15) is 39.0 Å². The van der Waals surface area contributed by atoms with Crippen LogP contribution in [0.2, 0.25) is 0 Å². The Labute approximate surface area is 131 Å². The molecule has 0 heterocycles. The Morgan fingerprint density at radius 1 is 0.591 bits per heavy atom. The highest BCUT2D eigenvalue weighted by Gasteiger charge is 2.17. The second-order valence-corrected chi connectivity index (χ2v) is 5.24. The summed E-state index contributed by atoms with van der Waals surface area (Å²) in [5, 5.41) is 70.3. The Bertz CT molecular complexity index is 227. The van der Waals surface area contributed by atoms with Crippen LogP contribution in [0.15, 0.2) is 0 Å². The average Bonchev–Trinajstić information content (AvgIpc) is 2.45. The maximum absolute atomic E-state index is 9.11. The first-order chi connectivity index (χ1) is 10.3. The van der Waals surface area contributed by atoms with Gasteiger partial charge in [-0.1, -0.05) is 0 Å². The molecule has 136 valence electrons. The molecular formula is C14H32O8. The van der Waals surface area contributed by atoms with E-state index in [-0.39, 0.29) is 39.1 Å². The molecule has 0 rings (SSSR count). The van der Waals surface area contributed by atoms with Crippen molar-refractivity contribution < 1.29 is 40.9 Å². The maximum atomic E-state index is 9.11. The van der Waals surface area contributed by atoms with Crippen LogP contribution >= 0.6 is 0 Å². The number of aliphatic hydroxyl groups excluding tert-OH is 8. The molecule has 22 heavy (non-hydrogen) atoms. The van der Waals surface area contributed by atoms with Gasteiger partial charge in [-0.25, -0.2) is 0 Å². The van der Waals surface area contributed by atoms with Gasteiger partial charge in [0.25, 0.3) is 0 Å². The van der Waals surface area contributed by atoms with Crippen LogP contribution in [-0.4, -0.2) is 91.2 Å². The summed E-state index contributed by atoms with van der Waals surface area (Å²) in [6.07, 6.45) is -2.88. The molecule has 0 radical (unpaired) electrons. The molecule has 0 aromatic heterocycles. The number of aliphatic hydroxyl groups is 8. The van der Waals surface area contributed by atoms with Gasteiger partial charge in [0.2, 0.25) is 0 Å². The molecule has 0 amide bonds. The second kappa shape index (κ2) is 15.6. The van der Waals surface area contributed by atoms with Crippen molar-refractivity contribution in [2.24, 2.45) is 0 Å². The summed E-state index contributed by atoms with van der Waals surface area (Å²) < 4.78 is 0. The minimum atomic E-state index is -0.942. The molecule has 0 aliphatic heterocycles. The Kier molecular flexibility index (Phi) is 16.9. The molecule has 0 aliphatic carbocycles. The van der Waals surface area contributed by atoms with Crippen LogP contribution in [0.25, 0.3) is 0 Å². The number of rotatable bonds is 11. The summed E-state index contributed by atoms with van der Waals surface area (Å²) in [6.45, 7) is 1.27. The Morgan fingerprint density at radius 3 is 1.36 bits per heavy atom. The zero-order valence-corrected chi connectivity index (χ0v) is 13.1. The lowest BCUT2D eigenvalue weighted by Gasteiger charge is -2.17. The van der Waals surface area contributed by atoms with E-state index in [1.807, 2.05) is 0 Å². The van der Waals surface area contributed by atoms with Crippen LogP contribution < -0.4 is 0 Å². The topological polar surface area (TPSA) is 162 Å². The molecule has 0 bridgehead atoms. The predicted octanol–water partition coefficient (Wildman–Crippen LogP) is -2.28. The van der Waals surface area contributed by atoms with E-state index in [1.54, 1.807) is 0 Å².